The maximum Gasteiger partial charge on any atom is 0.227 e. The molecule has 4 heteroatoms. The van der Waals surface area contributed by atoms with Crippen LogP contribution in [0.25, 0.3) is 77.5 Å². The van der Waals surface area contributed by atoms with Gasteiger partial charge in [-0.05, 0) is 106 Å². The Hall–Kier alpha value is -6.91. The predicted octanol–water partition coefficient (Wildman–Crippen LogP) is 13.4. The summed E-state index contributed by atoms with van der Waals surface area (Å²) in [5, 5.41) is 4.55. The van der Waals surface area contributed by atoms with E-state index in [-0.39, 0.29) is 0 Å². The first-order valence-electron chi connectivity index (χ1n) is 17.1. The molecule has 2 heterocycles. The maximum absolute atomic E-state index is 6.28. The lowest BCUT2D eigenvalue weighted by atomic mass is 10.0. The number of furan rings is 1. The minimum Gasteiger partial charge on any atom is -0.456 e. The Balaban J connectivity index is 0.985. The highest BCUT2D eigenvalue weighted by Gasteiger charge is 2.16. The summed E-state index contributed by atoms with van der Waals surface area (Å²) in [7, 11) is 0. The van der Waals surface area contributed by atoms with Gasteiger partial charge >= 0.3 is 0 Å². The average molecular weight is 655 g/mol. The van der Waals surface area contributed by atoms with Crippen LogP contribution in [0.4, 0.5) is 17.1 Å². The number of fused-ring (bicyclic) bond motifs is 5. The summed E-state index contributed by atoms with van der Waals surface area (Å²) in [6.07, 6.45) is 0. The molecule has 0 aliphatic heterocycles. The summed E-state index contributed by atoms with van der Waals surface area (Å²) in [6.45, 7) is 0. The summed E-state index contributed by atoms with van der Waals surface area (Å²) in [6, 6.07) is 63.7. The van der Waals surface area contributed by atoms with Crippen LogP contribution in [0, 0.1) is 0 Å². The lowest BCUT2D eigenvalue weighted by Crippen LogP contribution is -2.09. The summed E-state index contributed by atoms with van der Waals surface area (Å²) in [4.78, 5) is 7.03. The molecule has 0 aliphatic rings. The predicted molar refractivity (Wildman–Crippen MR) is 210 cm³/mol. The molecule has 10 aromatic rings. The van der Waals surface area contributed by atoms with Crippen LogP contribution in [0.2, 0.25) is 0 Å². The SMILES string of the molecule is c1ccc(-c2nc3cc4oc5ccc(-c6ccc(N(c7ccccc7)c7ccc(-c8ccc9ccccc9c8)cc7)cc6)cc5c4cc3o2)cc1. The lowest BCUT2D eigenvalue weighted by Gasteiger charge is -2.26. The fourth-order valence-corrected chi connectivity index (χ4v) is 7.08. The normalized spacial score (nSPS) is 11.5. The first-order valence-corrected chi connectivity index (χ1v) is 17.1. The van der Waals surface area contributed by atoms with Crippen molar-refractivity contribution in [2.75, 3.05) is 4.90 Å². The third-order valence-corrected chi connectivity index (χ3v) is 9.68. The minimum atomic E-state index is 0.605. The van der Waals surface area contributed by atoms with Crippen molar-refractivity contribution < 1.29 is 8.83 Å². The van der Waals surface area contributed by atoms with E-state index in [0.717, 1.165) is 66.8 Å². The van der Waals surface area contributed by atoms with Crippen LogP contribution >= 0.6 is 0 Å². The van der Waals surface area contributed by atoms with Crippen LogP contribution < -0.4 is 4.90 Å². The van der Waals surface area contributed by atoms with Crippen molar-refractivity contribution >= 4 is 60.9 Å². The van der Waals surface area contributed by atoms with E-state index in [2.05, 4.69) is 144 Å². The Labute approximate surface area is 294 Å². The van der Waals surface area contributed by atoms with E-state index in [1.54, 1.807) is 0 Å². The average Bonchev–Trinajstić information content (AvgIpc) is 3.78. The second-order valence-corrected chi connectivity index (χ2v) is 12.8. The zero-order valence-electron chi connectivity index (χ0n) is 27.5. The molecule has 0 N–H and O–H groups in total. The highest BCUT2D eigenvalue weighted by Crippen LogP contribution is 2.39. The standard InChI is InChI=1S/C47H30N2O2/c1-3-10-34(11-4-1)47-48-43-30-45-42(29-46(43)51-47)41-28-37(21-26-44(41)50-45)33-19-24-40(25-20-33)49(38-13-5-2-6-14-38)39-22-17-32(18-23-39)36-16-15-31-9-7-8-12-35(31)27-36/h1-30H. The number of hydrogen-bond donors (Lipinski definition) is 0. The zero-order valence-corrected chi connectivity index (χ0v) is 27.5. The van der Waals surface area contributed by atoms with Crippen LogP contribution in [-0.4, -0.2) is 4.98 Å². The van der Waals surface area contributed by atoms with Gasteiger partial charge in [-0.25, -0.2) is 4.98 Å². The molecule has 0 aliphatic carbocycles. The number of aromatic nitrogens is 1. The van der Waals surface area contributed by atoms with Crippen LogP contribution in [0.15, 0.2) is 191 Å². The van der Waals surface area contributed by atoms with Crippen molar-refractivity contribution in [1.82, 2.24) is 4.98 Å². The Morgan fingerprint density at radius 1 is 0.353 bits per heavy atom. The monoisotopic (exact) mass is 654 g/mol. The molecule has 0 fully saturated rings. The molecule has 0 unspecified atom stereocenters. The highest BCUT2D eigenvalue weighted by molar-refractivity contribution is 6.10. The molecule has 0 saturated carbocycles. The van der Waals surface area contributed by atoms with Gasteiger partial charge in [-0.3, -0.25) is 0 Å². The zero-order chi connectivity index (χ0) is 33.7. The Bertz CT molecular complexity index is 2840. The molecule has 51 heavy (non-hydrogen) atoms. The molecule has 4 nitrogen and oxygen atoms in total. The third kappa shape index (κ3) is 5.22. The Morgan fingerprint density at radius 2 is 0.922 bits per heavy atom. The van der Waals surface area contributed by atoms with E-state index in [9.17, 15) is 0 Å². The summed E-state index contributed by atoms with van der Waals surface area (Å²) >= 11 is 0. The van der Waals surface area contributed by atoms with Gasteiger partial charge in [0.25, 0.3) is 0 Å². The van der Waals surface area contributed by atoms with Gasteiger partial charge in [0, 0.05) is 39.5 Å². The molecule has 240 valence electrons. The van der Waals surface area contributed by atoms with E-state index in [4.69, 9.17) is 13.8 Å². The van der Waals surface area contributed by atoms with E-state index < -0.39 is 0 Å². The van der Waals surface area contributed by atoms with Gasteiger partial charge in [0.15, 0.2) is 5.58 Å². The van der Waals surface area contributed by atoms with Crippen molar-refractivity contribution in [3.8, 4) is 33.7 Å². The molecular weight excluding hydrogens is 625 g/mol. The fourth-order valence-electron chi connectivity index (χ4n) is 7.08. The molecule has 0 saturated heterocycles. The molecule has 10 rings (SSSR count). The Kier molecular flexibility index (Phi) is 6.78. The molecule has 0 spiro atoms. The Morgan fingerprint density at radius 3 is 1.65 bits per heavy atom. The maximum atomic E-state index is 6.28. The van der Waals surface area contributed by atoms with Gasteiger partial charge in [-0.2, -0.15) is 0 Å². The van der Waals surface area contributed by atoms with Gasteiger partial charge in [0.05, 0.1) is 0 Å². The summed E-state index contributed by atoms with van der Waals surface area (Å²) < 4.78 is 12.5. The molecule has 0 amide bonds. The second-order valence-electron chi connectivity index (χ2n) is 12.8. The minimum absolute atomic E-state index is 0.605. The van der Waals surface area contributed by atoms with Crippen LogP contribution in [0.1, 0.15) is 0 Å². The van der Waals surface area contributed by atoms with E-state index in [0.29, 0.717) is 5.89 Å². The van der Waals surface area contributed by atoms with Crippen LogP contribution in [0.5, 0.6) is 0 Å². The van der Waals surface area contributed by atoms with Gasteiger partial charge < -0.3 is 13.7 Å². The number of anilines is 3. The third-order valence-electron chi connectivity index (χ3n) is 9.68. The number of rotatable bonds is 6. The van der Waals surface area contributed by atoms with Gasteiger partial charge in [-0.15, -0.1) is 0 Å². The van der Waals surface area contributed by atoms with Gasteiger partial charge in [0.1, 0.15) is 16.7 Å². The van der Waals surface area contributed by atoms with Crippen molar-refractivity contribution in [1.29, 1.82) is 0 Å². The number of oxazole rings is 1. The smallest absolute Gasteiger partial charge is 0.227 e. The van der Waals surface area contributed by atoms with Gasteiger partial charge in [-0.1, -0.05) is 103 Å². The number of nitrogens with zero attached hydrogens (tertiary/aromatic N) is 2. The second kappa shape index (κ2) is 11.9. The van der Waals surface area contributed by atoms with Crippen molar-refractivity contribution in [2.24, 2.45) is 0 Å². The van der Waals surface area contributed by atoms with E-state index in [1.165, 1.54) is 21.9 Å². The molecule has 0 radical (unpaired) electrons. The highest BCUT2D eigenvalue weighted by atomic mass is 16.4. The topological polar surface area (TPSA) is 42.4 Å². The summed E-state index contributed by atoms with van der Waals surface area (Å²) in [5.74, 6) is 0.605. The quantitative estimate of drug-likeness (QED) is 0.179. The van der Waals surface area contributed by atoms with Crippen LogP contribution in [0.3, 0.4) is 0 Å². The van der Waals surface area contributed by atoms with E-state index >= 15 is 0 Å². The van der Waals surface area contributed by atoms with Crippen molar-refractivity contribution in [3.63, 3.8) is 0 Å². The molecule has 0 atom stereocenters. The molecule has 0 bridgehead atoms. The fraction of sp³-hybridized carbons (Fsp3) is 0. The number of para-hydroxylation sites is 1. The molecule has 8 aromatic carbocycles. The first kappa shape index (κ1) is 29.0. The summed E-state index contributed by atoms with van der Waals surface area (Å²) in [5.41, 5.74) is 12.0. The van der Waals surface area contributed by atoms with Crippen LogP contribution in [-0.2, 0) is 0 Å². The first-order chi connectivity index (χ1) is 25.2. The lowest BCUT2D eigenvalue weighted by molar-refractivity contribution is 0.620. The number of benzene rings is 8. The van der Waals surface area contributed by atoms with Gasteiger partial charge in [0.2, 0.25) is 5.89 Å². The molecular formula is C47H30N2O2. The van der Waals surface area contributed by atoms with Crippen molar-refractivity contribution in [2.45, 2.75) is 0 Å². The van der Waals surface area contributed by atoms with E-state index in [1.807, 2.05) is 42.5 Å². The molecule has 2 aromatic heterocycles. The van der Waals surface area contributed by atoms with Crippen molar-refractivity contribution in [3.05, 3.63) is 182 Å². The number of hydrogen-bond acceptors (Lipinski definition) is 4. The largest absolute Gasteiger partial charge is 0.456 e.